The second kappa shape index (κ2) is 11.6. The molecule has 28 heavy (non-hydrogen) atoms. The first kappa shape index (κ1) is 24.7. The lowest BCUT2D eigenvalue weighted by Crippen LogP contribution is -2.36. The Balaban J connectivity index is 0.00000196. The fourth-order valence-corrected chi connectivity index (χ4v) is 3.92. The highest BCUT2D eigenvalue weighted by molar-refractivity contribution is 5.85. The van der Waals surface area contributed by atoms with Gasteiger partial charge in [0, 0.05) is 6.42 Å². The predicted molar refractivity (Wildman–Crippen MR) is 120 cm³/mol. The van der Waals surface area contributed by atoms with E-state index in [1.807, 2.05) is 24.3 Å². The van der Waals surface area contributed by atoms with E-state index in [0.29, 0.717) is 24.2 Å². The van der Waals surface area contributed by atoms with Gasteiger partial charge in [0.25, 0.3) is 0 Å². The van der Waals surface area contributed by atoms with Crippen LogP contribution in [0, 0.1) is 17.8 Å². The molecule has 0 bridgehead atoms. The predicted octanol–water partition coefficient (Wildman–Crippen LogP) is 4.64. The summed E-state index contributed by atoms with van der Waals surface area (Å²) in [6, 6.07) is 7.95. The van der Waals surface area contributed by atoms with Crippen molar-refractivity contribution in [1.82, 2.24) is 20.6 Å². The van der Waals surface area contributed by atoms with E-state index in [2.05, 4.69) is 36.4 Å². The van der Waals surface area contributed by atoms with Crippen LogP contribution in [0.25, 0.3) is 11.0 Å². The molecule has 3 unspecified atom stereocenters. The molecule has 0 saturated carbocycles. The molecule has 0 aliphatic carbocycles. The van der Waals surface area contributed by atoms with Crippen LogP contribution in [0.3, 0.4) is 0 Å². The first-order valence-electron chi connectivity index (χ1n) is 9.97. The summed E-state index contributed by atoms with van der Waals surface area (Å²) >= 11 is 0. The number of nitrogens with one attached hydrogen (secondary N) is 3. The Morgan fingerprint density at radius 1 is 1.25 bits per heavy atom. The van der Waals surface area contributed by atoms with Crippen LogP contribution >= 0.6 is 24.8 Å². The molecule has 1 aliphatic rings. The number of imidazole rings is 1. The summed E-state index contributed by atoms with van der Waals surface area (Å²) in [5.74, 6) is 2.48. The number of aromatic nitrogens is 2. The number of nitrogens with zero attached hydrogens (tertiary/aromatic N) is 1. The van der Waals surface area contributed by atoms with Crippen LogP contribution in [0.2, 0.25) is 0 Å². The zero-order valence-electron chi connectivity index (χ0n) is 17.0. The summed E-state index contributed by atoms with van der Waals surface area (Å²) in [6.07, 6.45) is 3.90. The van der Waals surface area contributed by atoms with Crippen LogP contribution in [0.15, 0.2) is 24.3 Å². The van der Waals surface area contributed by atoms with Gasteiger partial charge in [-0.3, -0.25) is 4.79 Å². The van der Waals surface area contributed by atoms with Crippen molar-refractivity contribution < 1.29 is 4.79 Å². The third-order valence-corrected chi connectivity index (χ3v) is 5.43. The Morgan fingerprint density at radius 3 is 2.64 bits per heavy atom. The number of amides is 1. The molecule has 1 aromatic carbocycles. The van der Waals surface area contributed by atoms with E-state index >= 15 is 0 Å². The van der Waals surface area contributed by atoms with Gasteiger partial charge in [-0.15, -0.1) is 24.8 Å². The molecule has 3 rings (SSSR count). The smallest absolute Gasteiger partial charge is 0.220 e. The number of rotatable bonds is 7. The van der Waals surface area contributed by atoms with Crippen LogP contribution in [0.4, 0.5) is 0 Å². The van der Waals surface area contributed by atoms with E-state index in [0.717, 1.165) is 36.4 Å². The molecule has 2 heterocycles. The minimum atomic E-state index is -0.0634. The second-order valence-electron chi connectivity index (χ2n) is 8.18. The molecule has 158 valence electrons. The van der Waals surface area contributed by atoms with Crippen molar-refractivity contribution in [3.05, 3.63) is 30.1 Å². The highest BCUT2D eigenvalue weighted by atomic mass is 35.5. The SMILES string of the molecule is CC(C)CC(NC(=O)CC(C)C1CCCNC1)c1nc2ccccc2[nH]1.Cl.Cl. The lowest BCUT2D eigenvalue weighted by atomic mass is 9.85. The van der Waals surface area contributed by atoms with Gasteiger partial charge in [-0.1, -0.05) is 32.9 Å². The van der Waals surface area contributed by atoms with Crippen LogP contribution < -0.4 is 10.6 Å². The van der Waals surface area contributed by atoms with Crippen molar-refractivity contribution in [2.45, 2.75) is 52.5 Å². The fourth-order valence-electron chi connectivity index (χ4n) is 3.92. The molecular formula is C21H34Cl2N4O. The molecule has 3 atom stereocenters. The summed E-state index contributed by atoms with van der Waals surface area (Å²) in [5, 5.41) is 6.69. The van der Waals surface area contributed by atoms with Crippen molar-refractivity contribution >= 4 is 41.8 Å². The summed E-state index contributed by atoms with van der Waals surface area (Å²) in [5.41, 5.74) is 1.97. The minimum absolute atomic E-state index is 0. The lowest BCUT2D eigenvalue weighted by Gasteiger charge is -2.28. The average Bonchev–Trinajstić information content (AvgIpc) is 3.05. The normalized spacial score (nSPS) is 18.8. The Morgan fingerprint density at radius 2 is 2.00 bits per heavy atom. The molecule has 1 saturated heterocycles. The molecule has 7 heteroatoms. The Hall–Kier alpha value is -1.30. The number of hydrogen-bond donors (Lipinski definition) is 3. The fraction of sp³-hybridized carbons (Fsp3) is 0.619. The number of fused-ring (bicyclic) bond motifs is 1. The van der Waals surface area contributed by atoms with Crippen molar-refractivity contribution in [2.75, 3.05) is 13.1 Å². The van der Waals surface area contributed by atoms with Crippen LogP contribution in [-0.4, -0.2) is 29.0 Å². The van der Waals surface area contributed by atoms with Crippen LogP contribution in [0.5, 0.6) is 0 Å². The third-order valence-electron chi connectivity index (χ3n) is 5.43. The van der Waals surface area contributed by atoms with Crippen molar-refractivity contribution in [3.8, 4) is 0 Å². The largest absolute Gasteiger partial charge is 0.346 e. The quantitative estimate of drug-likeness (QED) is 0.601. The van der Waals surface area contributed by atoms with Gasteiger partial charge in [0.2, 0.25) is 5.91 Å². The van der Waals surface area contributed by atoms with Crippen molar-refractivity contribution in [3.63, 3.8) is 0 Å². The summed E-state index contributed by atoms with van der Waals surface area (Å²) in [4.78, 5) is 20.8. The Kier molecular flexibility index (Phi) is 10.3. The number of carbonyl (C=O) groups is 1. The first-order valence-corrected chi connectivity index (χ1v) is 9.97. The van der Waals surface area contributed by atoms with Gasteiger partial charge in [0.1, 0.15) is 5.82 Å². The average molecular weight is 429 g/mol. The summed E-state index contributed by atoms with van der Waals surface area (Å²) < 4.78 is 0. The molecule has 3 N–H and O–H groups in total. The Labute approximate surface area is 180 Å². The third kappa shape index (κ3) is 6.64. The van der Waals surface area contributed by atoms with Crippen molar-refractivity contribution in [2.24, 2.45) is 17.8 Å². The number of aromatic amines is 1. The van der Waals surface area contributed by atoms with E-state index in [9.17, 15) is 4.79 Å². The van der Waals surface area contributed by atoms with Gasteiger partial charge in [0.05, 0.1) is 17.1 Å². The molecule has 0 spiro atoms. The molecule has 5 nitrogen and oxygen atoms in total. The maximum absolute atomic E-state index is 12.7. The molecular weight excluding hydrogens is 395 g/mol. The number of piperidine rings is 1. The summed E-state index contributed by atoms with van der Waals surface area (Å²) in [7, 11) is 0. The van der Waals surface area contributed by atoms with Crippen LogP contribution in [-0.2, 0) is 4.79 Å². The number of H-pyrrole nitrogens is 1. The van der Waals surface area contributed by atoms with Crippen LogP contribution in [0.1, 0.15) is 58.3 Å². The Bertz CT molecular complexity index is 695. The highest BCUT2D eigenvalue weighted by Gasteiger charge is 2.24. The van der Waals surface area contributed by atoms with E-state index in [1.54, 1.807) is 0 Å². The molecule has 1 amide bonds. The van der Waals surface area contributed by atoms with E-state index < -0.39 is 0 Å². The topological polar surface area (TPSA) is 69.8 Å². The molecule has 2 aromatic rings. The lowest BCUT2D eigenvalue weighted by molar-refractivity contribution is -0.123. The van der Waals surface area contributed by atoms with E-state index in [1.165, 1.54) is 12.8 Å². The number of para-hydroxylation sites is 2. The molecule has 0 radical (unpaired) electrons. The van der Waals surface area contributed by atoms with Gasteiger partial charge in [-0.25, -0.2) is 4.98 Å². The van der Waals surface area contributed by atoms with Gasteiger partial charge in [-0.05, 0) is 62.2 Å². The highest BCUT2D eigenvalue weighted by Crippen LogP contribution is 2.25. The van der Waals surface area contributed by atoms with Gasteiger partial charge >= 0.3 is 0 Å². The number of halogens is 2. The van der Waals surface area contributed by atoms with E-state index in [4.69, 9.17) is 4.98 Å². The molecule has 1 aromatic heterocycles. The summed E-state index contributed by atoms with van der Waals surface area (Å²) in [6.45, 7) is 8.71. The standard InChI is InChI=1S/C21H32N4O.2ClH/c1-14(2)11-19(21-24-17-8-4-5-9-18(17)25-21)23-20(26)12-15(3)16-7-6-10-22-13-16;;/h4-5,8-9,14-16,19,22H,6-7,10-13H2,1-3H3,(H,23,26)(H,24,25);2*1H. The second-order valence-corrected chi connectivity index (χ2v) is 8.18. The first-order chi connectivity index (χ1) is 12.5. The van der Waals surface area contributed by atoms with Gasteiger partial charge in [0.15, 0.2) is 0 Å². The molecule has 1 fully saturated rings. The maximum Gasteiger partial charge on any atom is 0.220 e. The molecule has 1 aliphatic heterocycles. The van der Waals surface area contributed by atoms with Crippen molar-refractivity contribution in [1.29, 1.82) is 0 Å². The maximum atomic E-state index is 12.7. The zero-order chi connectivity index (χ0) is 18.5. The number of hydrogen-bond acceptors (Lipinski definition) is 3. The minimum Gasteiger partial charge on any atom is -0.346 e. The number of carbonyl (C=O) groups excluding carboxylic acids is 1. The van der Waals surface area contributed by atoms with Gasteiger partial charge < -0.3 is 15.6 Å². The van der Waals surface area contributed by atoms with E-state index in [-0.39, 0.29) is 36.8 Å². The number of benzene rings is 1. The monoisotopic (exact) mass is 428 g/mol. The van der Waals surface area contributed by atoms with Gasteiger partial charge in [-0.2, -0.15) is 0 Å². The zero-order valence-corrected chi connectivity index (χ0v) is 18.7.